The van der Waals surface area contributed by atoms with Crippen LogP contribution in [0.15, 0.2) is 29.2 Å². The molecule has 1 aliphatic heterocycles. The molecular formula is C22H24ClN5OS2. The molecule has 0 bridgehead atoms. The maximum Gasteiger partial charge on any atom is 0.231 e. The van der Waals surface area contributed by atoms with Crippen molar-refractivity contribution in [2.24, 2.45) is 5.73 Å². The first-order chi connectivity index (χ1) is 15.1. The summed E-state index contributed by atoms with van der Waals surface area (Å²) in [6.45, 7) is 3.64. The SMILES string of the molecule is NC(=O)CN1CCN(c2nc(CSc3ccc(Cl)cc3)nc3sc4c(c23)CCC4)CC1. The molecule has 1 aromatic carbocycles. The zero-order chi connectivity index (χ0) is 21.4. The third kappa shape index (κ3) is 4.53. The van der Waals surface area contributed by atoms with Crippen LogP contribution in [0.4, 0.5) is 5.82 Å². The highest BCUT2D eigenvalue weighted by atomic mass is 35.5. The van der Waals surface area contributed by atoms with Crippen LogP contribution in [-0.4, -0.2) is 53.5 Å². The number of primary amides is 1. The highest BCUT2D eigenvalue weighted by Crippen LogP contribution is 2.41. The number of carbonyl (C=O) groups is 1. The second-order valence-corrected chi connectivity index (χ2v) is 10.5. The van der Waals surface area contributed by atoms with Crippen molar-refractivity contribution in [2.45, 2.75) is 29.9 Å². The molecule has 3 aromatic rings. The Morgan fingerprint density at radius 3 is 2.65 bits per heavy atom. The summed E-state index contributed by atoms with van der Waals surface area (Å²) >= 11 is 9.57. The summed E-state index contributed by atoms with van der Waals surface area (Å²) < 4.78 is 0. The van der Waals surface area contributed by atoms with Gasteiger partial charge in [0.1, 0.15) is 16.5 Å². The first-order valence-corrected chi connectivity index (χ1v) is 12.7. The quantitative estimate of drug-likeness (QED) is 0.550. The lowest BCUT2D eigenvalue weighted by Gasteiger charge is -2.35. The second-order valence-electron chi connectivity index (χ2n) is 7.97. The Morgan fingerprint density at radius 1 is 1.13 bits per heavy atom. The number of aromatic nitrogens is 2. The summed E-state index contributed by atoms with van der Waals surface area (Å²) in [5.41, 5.74) is 6.83. The Balaban J connectivity index is 1.42. The van der Waals surface area contributed by atoms with Crippen molar-refractivity contribution in [1.82, 2.24) is 14.9 Å². The molecule has 2 aromatic heterocycles. The Bertz CT molecular complexity index is 1110. The van der Waals surface area contributed by atoms with Gasteiger partial charge in [-0.25, -0.2) is 9.97 Å². The number of nitrogens with two attached hydrogens (primary N) is 1. The van der Waals surface area contributed by atoms with Crippen LogP contribution in [0.2, 0.25) is 5.02 Å². The summed E-state index contributed by atoms with van der Waals surface area (Å²) in [5, 5.41) is 1.99. The van der Waals surface area contributed by atoms with Crippen LogP contribution in [0.1, 0.15) is 22.7 Å². The van der Waals surface area contributed by atoms with Crippen LogP contribution >= 0.6 is 34.7 Å². The van der Waals surface area contributed by atoms with E-state index in [9.17, 15) is 4.79 Å². The molecule has 6 nitrogen and oxygen atoms in total. The monoisotopic (exact) mass is 473 g/mol. The summed E-state index contributed by atoms with van der Waals surface area (Å²) in [5.74, 6) is 2.38. The predicted molar refractivity (Wildman–Crippen MR) is 128 cm³/mol. The number of fused-ring (bicyclic) bond motifs is 3. The first kappa shape index (κ1) is 21.0. The fourth-order valence-corrected chi connectivity index (χ4v) is 6.48. The molecule has 5 rings (SSSR count). The van der Waals surface area contributed by atoms with Gasteiger partial charge in [0.25, 0.3) is 0 Å². The van der Waals surface area contributed by atoms with Gasteiger partial charge in [0.15, 0.2) is 0 Å². The number of benzene rings is 1. The molecule has 2 aliphatic rings. The number of anilines is 1. The number of rotatable bonds is 6. The largest absolute Gasteiger partial charge is 0.369 e. The number of nitrogens with zero attached hydrogens (tertiary/aromatic N) is 4. The summed E-state index contributed by atoms with van der Waals surface area (Å²) in [7, 11) is 0. The molecule has 1 saturated heterocycles. The van der Waals surface area contributed by atoms with Crippen molar-refractivity contribution in [1.29, 1.82) is 0 Å². The Hall–Kier alpha value is -1.87. The van der Waals surface area contributed by atoms with Gasteiger partial charge in [-0.15, -0.1) is 23.1 Å². The number of amides is 1. The predicted octanol–water partition coefficient (Wildman–Crippen LogP) is 3.73. The second kappa shape index (κ2) is 8.94. The average molecular weight is 474 g/mol. The molecule has 0 atom stereocenters. The summed E-state index contributed by atoms with van der Waals surface area (Å²) in [6, 6.07) is 7.89. The van der Waals surface area contributed by atoms with E-state index < -0.39 is 0 Å². The Morgan fingerprint density at radius 2 is 1.90 bits per heavy atom. The molecule has 1 fully saturated rings. The van der Waals surface area contributed by atoms with E-state index in [4.69, 9.17) is 27.3 Å². The van der Waals surface area contributed by atoms with Crippen molar-refractivity contribution in [2.75, 3.05) is 37.6 Å². The maximum absolute atomic E-state index is 11.3. The van der Waals surface area contributed by atoms with Gasteiger partial charge in [-0.1, -0.05) is 11.6 Å². The van der Waals surface area contributed by atoms with Gasteiger partial charge in [0, 0.05) is 41.0 Å². The number of piperazine rings is 1. The molecule has 0 radical (unpaired) electrons. The highest BCUT2D eigenvalue weighted by Gasteiger charge is 2.27. The maximum atomic E-state index is 11.3. The van der Waals surface area contributed by atoms with Gasteiger partial charge in [0.2, 0.25) is 5.91 Å². The molecule has 1 amide bonds. The number of carbonyl (C=O) groups excluding carboxylic acids is 1. The van der Waals surface area contributed by atoms with E-state index in [1.54, 1.807) is 11.8 Å². The zero-order valence-electron chi connectivity index (χ0n) is 17.1. The lowest BCUT2D eigenvalue weighted by molar-refractivity contribution is -0.119. The van der Waals surface area contributed by atoms with Crippen LogP contribution in [0.5, 0.6) is 0 Å². The van der Waals surface area contributed by atoms with E-state index in [0.29, 0.717) is 6.54 Å². The van der Waals surface area contributed by atoms with Crippen molar-refractivity contribution < 1.29 is 4.79 Å². The van der Waals surface area contributed by atoms with Crippen LogP contribution in [0.25, 0.3) is 10.2 Å². The third-order valence-corrected chi connectivity index (χ3v) is 8.27. The Labute approximate surface area is 194 Å². The van der Waals surface area contributed by atoms with Gasteiger partial charge >= 0.3 is 0 Å². The van der Waals surface area contributed by atoms with Gasteiger partial charge in [-0.2, -0.15) is 0 Å². The van der Waals surface area contributed by atoms with E-state index in [2.05, 4.69) is 9.80 Å². The van der Waals surface area contributed by atoms with E-state index in [0.717, 1.165) is 71.2 Å². The molecule has 1 aliphatic carbocycles. The van der Waals surface area contributed by atoms with E-state index in [1.165, 1.54) is 22.2 Å². The smallest absolute Gasteiger partial charge is 0.231 e. The van der Waals surface area contributed by atoms with E-state index >= 15 is 0 Å². The van der Waals surface area contributed by atoms with Crippen molar-refractivity contribution in [3.63, 3.8) is 0 Å². The van der Waals surface area contributed by atoms with Crippen molar-refractivity contribution in [3.8, 4) is 0 Å². The summed E-state index contributed by atoms with van der Waals surface area (Å²) in [4.78, 5) is 29.5. The number of thiophene rings is 1. The molecule has 31 heavy (non-hydrogen) atoms. The third-order valence-electron chi connectivity index (χ3n) is 5.82. The number of thioether (sulfide) groups is 1. The molecule has 0 spiro atoms. The van der Waals surface area contributed by atoms with Gasteiger partial charge < -0.3 is 10.6 Å². The van der Waals surface area contributed by atoms with E-state index in [-0.39, 0.29) is 5.91 Å². The number of hydrogen-bond donors (Lipinski definition) is 1. The number of hydrogen-bond acceptors (Lipinski definition) is 7. The molecule has 162 valence electrons. The number of halogens is 1. The fourth-order valence-electron chi connectivity index (χ4n) is 4.33. The van der Waals surface area contributed by atoms with E-state index in [1.807, 2.05) is 35.6 Å². The van der Waals surface area contributed by atoms with Crippen LogP contribution in [0.3, 0.4) is 0 Å². The molecular weight excluding hydrogens is 450 g/mol. The van der Waals surface area contributed by atoms with Crippen LogP contribution < -0.4 is 10.6 Å². The fraction of sp³-hybridized carbons (Fsp3) is 0.409. The Kier molecular flexibility index (Phi) is 6.05. The van der Waals surface area contributed by atoms with Crippen LogP contribution in [0, 0.1) is 0 Å². The lowest BCUT2D eigenvalue weighted by Crippen LogP contribution is -2.49. The first-order valence-electron chi connectivity index (χ1n) is 10.5. The van der Waals surface area contributed by atoms with Gasteiger partial charge in [-0.05, 0) is 49.1 Å². The molecule has 3 heterocycles. The summed E-state index contributed by atoms with van der Waals surface area (Å²) in [6.07, 6.45) is 3.49. The average Bonchev–Trinajstić information content (AvgIpc) is 3.34. The normalized spacial score (nSPS) is 16.7. The topological polar surface area (TPSA) is 75.4 Å². The van der Waals surface area contributed by atoms with Crippen LogP contribution in [-0.2, 0) is 23.4 Å². The minimum atomic E-state index is -0.268. The molecule has 0 saturated carbocycles. The highest BCUT2D eigenvalue weighted by molar-refractivity contribution is 7.98. The van der Waals surface area contributed by atoms with Crippen molar-refractivity contribution in [3.05, 3.63) is 45.6 Å². The minimum absolute atomic E-state index is 0.268. The minimum Gasteiger partial charge on any atom is -0.369 e. The zero-order valence-corrected chi connectivity index (χ0v) is 19.5. The molecule has 9 heteroatoms. The van der Waals surface area contributed by atoms with Crippen molar-refractivity contribution >= 4 is 56.6 Å². The molecule has 0 unspecified atom stereocenters. The van der Waals surface area contributed by atoms with Gasteiger partial charge in [-0.3, -0.25) is 9.69 Å². The van der Waals surface area contributed by atoms with Gasteiger partial charge in [0.05, 0.1) is 17.7 Å². The lowest BCUT2D eigenvalue weighted by atomic mass is 10.1. The number of aryl methyl sites for hydroxylation is 2. The standard InChI is InChI=1S/C22H24ClN5OS2/c23-14-4-6-15(7-5-14)30-13-19-25-21(28-10-8-27(9-11-28)12-18(24)29)20-16-2-1-3-17(16)31-22(20)26-19/h4-7H,1-3,8-13H2,(H2,24,29). The molecule has 2 N–H and O–H groups in total.